The van der Waals surface area contributed by atoms with Crippen molar-refractivity contribution in [1.82, 2.24) is 19.6 Å². The second-order valence-corrected chi connectivity index (χ2v) is 14.0. The van der Waals surface area contributed by atoms with E-state index in [0.717, 1.165) is 111 Å². The Bertz CT molecular complexity index is 1400. The van der Waals surface area contributed by atoms with Gasteiger partial charge in [-0.1, -0.05) is 64.5 Å². The molecule has 262 valence electrons. The molecule has 3 aromatic rings. The third kappa shape index (κ3) is 9.56. The van der Waals surface area contributed by atoms with Gasteiger partial charge in [-0.15, -0.1) is 0 Å². The molecule has 0 aliphatic carbocycles. The Kier molecular flexibility index (Phi) is 13.7. The van der Waals surface area contributed by atoms with E-state index in [0.29, 0.717) is 37.4 Å². The standard InChI is InChI=1S/C40H58N4O4/c1-5-7-9-11-25-47-39-33-15-13-31(37(45)29-43-21-17-41(3)18-22-43)27-35(33)36-28-32(38(46)30-44-23-19-42(4)20-24-44)14-16-34(36)40(39)48-26-12-10-8-6-2/h13-16,27-28H,5-12,17-26,29-30H2,1-4H3. The summed E-state index contributed by atoms with van der Waals surface area (Å²) < 4.78 is 13.2. The predicted octanol–water partition coefficient (Wildman–Crippen LogP) is 6.77. The fraction of sp³-hybridized carbons (Fsp3) is 0.600. The van der Waals surface area contributed by atoms with Crippen molar-refractivity contribution in [3.05, 3.63) is 47.5 Å². The second-order valence-electron chi connectivity index (χ2n) is 14.0. The third-order valence-electron chi connectivity index (χ3n) is 10.1. The van der Waals surface area contributed by atoms with Crippen LogP contribution in [0.3, 0.4) is 0 Å². The highest BCUT2D eigenvalue weighted by Crippen LogP contribution is 2.45. The van der Waals surface area contributed by atoms with E-state index in [2.05, 4.69) is 47.5 Å². The molecule has 2 saturated heterocycles. The van der Waals surface area contributed by atoms with Crippen molar-refractivity contribution >= 4 is 33.1 Å². The number of nitrogens with zero attached hydrogens (tertiary/aromatic N) is 4. The highest BCUT2D eigenvalue weighted by Gasteiger charge is 2.23. The lowest BCUT2D eigenvalue weighted by Gasteiger charge is -2.31. The molecule has 0 atom stereocenters. The van der Waals surface area contributed by atoms with Crippen LogP contribution in [-0.4, -0.2) is 124 Å². The summed E-state index contributed by atoms with van der Waals surface area (Å²) in [5, 5.41) is 3.73. The summed E-state index contributed by atoms with van der Waals surface area (Å²) in [4.78, 5) is 36.5. The van der Waals surface area contributed by atoms with Gasteiger partial charge in [0.1, 0.15) is 0 Å². The van der Waals surface area contributed by atoms with E-state index >= 15 is 0 Å². The molecule has 0 spiro atoms. The summed E-state index contributed by atoms with van der Waals surface area (Å²) in [6.07, 6.45) is 8.92. The molecule has 0 N–H and O–H groups in total. The molecule has 0 radical (unpaired) electrons. The Hall–Kier alpha value is -3.04. The zero-order valence-corrected chi connectivity index (χ0v) is 30.0. The summed E-state index contributed by atoms with van der Waals surface area (Å²) >= 11 is 0. The number of rotatable bonds is 18. The minimum atomic E-state index is 0.121. The normalized spacial score (nSPS) is 16.9. The van der Waals surface area contributed by atoms with Gasteiger partial charge in [0.2, 0.25) is 0 Å². The highest BCUT2D eigenvalue weighted by molar-refractivity contribution is 6.17. The quantitative estimate of drug-likeness (QED) is 0.0843. The molecule has 0 unspecified atom stereocenters. The maximum Gasteiger partial charge on any atom is 0.176 e. The first-order chi connectivity index (χ1) is 23.4. The largest absolute Gasteiger partial charge is 0.489 e. The summed E-state index contributed by atoms with van der Waals surface area (Å²) in [5.74, 6) is 1.74. The molecule has 0 amide bonds. The number of carbonyl (C=O) groups is 2. The monoisotopic (exact) mass is 658 g/mol. The zero-order chi connectivity index (χ0) is 33.9. The summed E-state index contributed by atoms with van der Waals surface area (Å²) in [5.41, 5.74) is 1.39. The summed E-state index contributed by atoms with van der Waals surface area (Å²) in [6, 6.07) is 12.0. The molecule has 0 saturated carbocycles. The fourth-order valence-electron chi connectivity index (χ4n) is 6.82. The molecule has 2 fully saturated rings. The van der Waals surface area contributed by atoms with E-state index < -0.39 is 0 Å². The number of Topliss-reactive ketones (excluding diaryl/α,β-unsaturated/α-hetero) is 2. The van der Waals surface area contributed by atoms with Crippen molar-refractivity contribution in [1.29, 1.82) is 0 Å². The molecule has 2 aliphatic rings. The Labute approximate surface area is 288 Å². The van der Waals surface area contributed by atoms with Crippen LogP contribution in [0.1, 0.15) is 85.9 Å². The van der Waals surface area contributed by atoms with Crippen molar-refractivity contribution in [3.63, 3.8) is 0 Å². The molecule has 8 heteroatoms. The molecule has 48 heavy (non-hydrogen) atoms. The number of unbranched alkanes of at least 4 members (excludes halogenated alkanes) is 6. The van der Waals surface area contributed by atoms with Gasteiger partial charge in [0, 0.05) is 74.3 Å². The van der Waals surface area contributed by atoms with Crippen molar-refractivity contribution in [2.45, 2.75) is 65.2 Å². The van der Waals surface area contributed by atoms with E-state index in [9.17, 15) is 9.59 Å². The lowest BCUT2D eigenvalue weighted by molar-refractivity contribution is 0.0869. The van der Waals surface area contributed by atoms with Crippen LogP contribution in [0.15, 0.2) is 36.4 Å². The van der Waals surface area contributed by atoms with Gasteiger partial charge < -0.3 is 19.3 Å². The molecule has 0 bridgehead atoms. The first kappa shape index (κ1) is 36.2. The molecule has 2 aliphatic heterocycles. The fourth-order valence-corrected chi connectivity index (χ4v) is 6.82. The number of ketones is 2. The van der Waals surface area contributed by atoms with Crippen LogP contribution in [0.25, 0.3) is 21.5 Å². The molecule has 2 heterocycles. The number of piperazine rings is 2. The van der Waals surface area contributed by atoms with Gasteiger partial charge in [0.15, 0.2) is 23.1 Å². The summed E-state index contributed by atoms with van der Waals surface area (Å²) in [6.45, 7) is 13.9. The highest BCUT2D eigenvalue weighted by atomic mass is 16.5. The number of fused-ring (bicyclic) bond motifs is 3. The number of ether oxygens (including phenoxy) is 2. The van der Waals surface area contributed by atoms with Gasteiger partial charge >= 0.3 is 0 Å². The Balaban J connectivity index is 1.53. The lowest BCUT2D eigenvalue weighted by Crippen LogP contribution is -2.46. The first-order valence-corrected chi connectivity index (χ1v) is 18.5. The Morgan fingerprint density at radius 3 is 1.31 bits per heavy atom. The van der Waals surface area contributed by atoms with Crippen LogP contribution in [-0.2, 0) is 0 Å². The number of carbonyl (C=O) groups excluding carboxylic acids is 2. The van der Waals surface area contributed by atoms with E-state index in [1.807, 2.05) is 36.4 Å². The Morgan fingerprint density at radius 2 is 0.938 bits per heavy atom. The van der Waals surface area contributed by atoms with Crippen LogP contribution in [0.2, 0.25) is 0 Å². The predicted molar refractivity (Wildman–Crippen MR) is 197 cm³/mol. The molecular weight excluding hydrogens is 600 g/mol. The van der Waals surface area contributed by atoms with Crippen molar-refractivity contribution in [3.8, 4) is 11.5 Å². The average molecular weight is 659 g/mol. The van der Waals surface area contributed by atoms with Crippen molar-refractivity contribution in [2.75, 3.05) is 92.8 Å². The maximum atomic E-state index is 13.7. The van der Waals surface area contributed by atoms with Gasteiger partial charge in [0.25, 0.3) is 0 Å². The van der Waals surface area contributed by atoms with Gasteiger partial charge in [-0.3, -0.25) is 19.4 Å². The number of hydrogen-bond acceptors (Lipinski definition) is 8. The van der Waals surface area contributed by atoms with E-state index in [4.69, 9.17) is 9.47 Å². The van der Waals surface area contributed by atoms with Gasteiger partial charge in [0.05, 0.1) is 26.3 Å². The SMILES string of the molecule is CCCCCCOc1c(OCCCCCC)c2ccc(C(=O)CN3CCN(C)CC3)cc2c2cc(C(=O)CN3CCN(C)CC3)ccc12. The van der Waals surface area contributed by atoms with Crippen molar-refractivity contribution < 1.29 is 19.1 Å². The van der Waals surface area contributed by atoms with Crippen LogP contribution in [0.5, 0.6) is 11.5 Å². The topological polar surface area (TPSA) is 65.6 Å². The van der Waals surface area contributed by atoms with Crippen LogP contribution in [0.4, 0.5) is 0 Å². The maximum absolute atomic E-state index is 13.7. The van der Waals surface area contributed by atoms with Gasteiger partial charge in [-0.2, -0.15) is 0 Å². The van der Waals surface area contributed by atoms with Crippen LogP contribution >= 0.6 is 0 Å². The minimum absolute atomic E-state index is 0.121. The summed E-state index contributed by atoms with van der Waals surface area (Å²) in [7, 11) is 4.26. The van der Waals surface area contributed by atoms with Crippen LogP contribution < -0.4 is 9.47 Å². The average Bonchev–Trinajstić information content (AvgIpc) is 3.10. The van der Waals surface area contributed by atoms with E-state index in [-0.39, 0.29) is 11.6 Å². The van der Waals surface area contributed by atoms with Gasteiger partial charge in [-0.25, -0.2) is 0 Å². The van der Waals surface area contributed by atoms with E-state index in [1.165, 1.54) is 25.7 Å². The molecule has 5 rings (SSSR count). The smallest absolute Gasteiger partial charge is 0.176 e. The zero-order valence-electron chi connectivity index (χ0n) is 30.0. The molecule has 3 aromatic carbocycles. The molecule has 8 nitrogen and oxygen atoms in total. The number of hydrogen-bond donors (Lipinski definition) is 0. The Morgan fingerprint density at radius 1 is 0.542 bits per heavy atom. The second kappa shape index (κ2) is 18.1. The third-order valence-corrected chi connectivity index (χ3v) is 10.1. The van der Waals surface area contributed by atoms with Gasteiger partial charge in [-0.05, 0) is 62.0 Å². The van der Waals surface area contributed by atoms with Crippen molar-refractivity contribution in [2.24, 2.45) is 0 Å². The first-order valence-electron chi connectivity index (χ1n) is 18.5. The number of likely N-dealkylation sites (N-methyl/N-ethyl adjacent to an activating group) is 2. The molecule has 0 aromatic heterocycles. The lowest BCUT2D eigenvalue weighted by atomic mass is 9.94. The number of benzene rings is 3. The van der Waals surface area contributed by atoms with E-state index in [1.54, 1.807) is 0 Å². The molecular formula is C40H58N4O4. The minimum Gasteiger partial charge on any atom is -0.489 e. The van der Waals surface area contributed by atoms with Crippen LogP contribution in [0, 0.1) is 0 Å².